The largest absolute Gasteiger partial charge is 0.332 e. The molecule has 3 rings (SSSR count). The Bertz CT molecular complexity index is 568. The van der Waals surface area contributed by atoms with Gasteiger partial charge in [0.05, 0.1) is 5.69 Å². The van der Waals surface area contributed by atoms with Crippen molar-refractivity contribution in [3.8, 4) is 11.3 Å². The summed E-state index contributed by atoms with van der Waals surface area (Å²) in [5.74, 6) is 1.63. The zero-order valence-electron chi connectivity index (χ0n) is 11.6. The smallest absolute Gasteiger partial charge is 0.112 e. The molecule has 0 amide bonds. The van der Waals surface area contributed by atoms with E-state index in [-0.39, 0.29) is 6.04 Å². The normalized spacial score (nSPS) is 22.3. The highest BCUT2D eigenvalue weighted by atomic mass is 15.1. The van der Waals surface area contributed by atoms with Crippen LogP contribution in [0.2, 0.25) is 0 Å². The first-order valence-electron chi connectivity index (χ1n) is 7.09. The lowest BCUT2D eigenvalue weighted by atomic mass is 9.98. The number of hydrogen-bond acceptors (Lipinski definition) is 2. The molecule has 19 heavy (non-hydrogen) atoms. The Balaban J connectivity index is 1.95. The third-order valence-corrected chi connectivity index (χ3v) is 3.99. The Morgan fingerprint density at radius 3 is 2.74 bits per heavy atom. The first-order valence-corrected chi connectivity index (χ1v) is 7.09. The van der Waals surface area contributed by atoms with E-state index < -0.39 is 0 Å². The minimum atomic E-state index is 0.256. The molecule has 1 aliphatic rings. The highest BCUT2D eigenvalue weighted by Crippen LogP contribution is 2.29. The first kappa shape index (κ1) is 12.4. The molecule has 2 aromatic rings. The molecule has 0 spiro atoms. The van der Waals surface area contributed by atoms with Crippen LogP contribution in [0.3, 0.4) is 0 Å². The van der Waals surface area contributed by atoms with Gasteiger partial charge in [0.2, 0.25) is 0 Å². The maximum Gasteiger partial charge on any atom is 0.112 e. The number of nitrogens with two attached hydrogens (primary N) is 1. The molecule has 0 saturated heterocycles. The molecule has 100 valence electrons. The number of aromatic nitrogens is 2. The number of fused-ring (bicyclic) bond motifs is 1. The van der Waals surface area contributed by atoms with Crippen molar-refractivity contribution in [2.75, 3.05) is 0 Å². The lowest BCUT2D eigenvalue weighted by Crippen LogP contribution is -2.33. The van der Waals surface area contributed by atoms with Gasteiger partial charge >= 0.3 is 0 Å². The average molecular weight is 255 g/mol. The zero-order valence-corrected chi connectivity index (χ0v) is 11.6. The molecule has 2 unspecified atom stereocenters. The van der Waals surface area contributed by atoms with Gasteiger partial charge in [0.1, 0.15) is 5.82 Å². The van der Waals surface area contributed by atoms with Crippen molar-refractivity contribution in [3.63, 3.8) is 0 Å². The summed E-state index contributed by atoms with van der Waals surface area (Å²) < 4.78 is 2.22. The maximum atomic E-state index is 6.08. The molecule has 0 fully saturated rings. The lowest BCUT2D eigenvalue weighted by Gasteiger charge is -2.25. The molecule has 3 heteroatoms. The topological polar surface area (TPSA) is 43.8 Å². The van der Waals surface area contributed by atoms with Crippen LogP contribution in [0.4, 0.5) is 0 Å². The lowest BCUT2D eigenvalue weighted by molar-refractivity contribution is 0.407. The predicted molar refractivity (Wildman–Crippen MR) is 78.0 cm³/mol. The van der Waals surface area contributed by atoms with Crippen molar-refractivity contribution in [1.29, 1.82) is 0 Å². The summed E-state index contributed by atoms with van der Waals surface area (Å²) in [6.45, 7) is 5.27. The molecule has 0 aliphatic carbocycles. The summed E-state index contributed by atoms with van der Waals surface area (Å²) in [7, 11) is 0. The molecule has 3 nitrogen and oxygen atoms in total. The van der Waals surface area contributed by atoms with Crippen LogP contribution in [-0.4, -0.2) is 15.6 Å². The summed E-state index contributed by atoms with van der Waals surface area (Å²) in [5.41, 5.74) is 9.70. The molecule has 0 saturated carbocycles. The molecule has 2 N–H and O–H groups in total. The monoisotopic (exact) mass is 255 g/mol. The van der Waals surface area contributed by atoms with Crippen LogP contribution in [0.25, 0.3) is 11.3 Å². The van der Waals surface area contributed by atoms with Crippen LogP contribution in [0.5, 0.6) is 0 Å². The van der Waals surface area contributed by atoms with Gasteiger partial charge in [0.15, 0.2) is 0 Å². The molecule has 0 bridgehead atoms. The van der Waals surface area contributed by atoms with Gasteiger partial charge < -0.3 is 10.3 Å². The van der Waals surface area contributed by atoms with Gasteiger partial charge in [-0.05, 0) is 18.4 Å². The van der Waals surface area contributed by atoms with E-state index in [4.69, 9.17) is 10.7 Å². The van der Waals surface area contributed by atoms with Crippen LogP contribution in [0.15, 0.2) is 30.5 Å². The van der Waals surface area contributed by atoms with Gasteiger partial charge in [0, 0.05) is 30.3 Å². The van der Waals surface area contributed by atoms with Gasteiger partial charge in [-0.2, -0.15) is 0 Å². The van der Waals surface area contributed by atoms with Crippen molar-refractivity contribution < 1.29 is 0 Å². The standard InChI is InChI=1S/C16H21N3/c1-3-12-4-6-13(7-5-12)15-10-19-9-14(17)8-11(2)16(19)18-15/h4-7,10-11,14H,3,8-9,17H2,1-2H3. The van der Waals surface area contributed by atoms with Crippen LogP contribution in [0, 0.1) is 0 Å². The Morgan fingerprint density at radius 2 is 2.05 bits per heavy atom. The summed E-state index contributed by atoms with van der Waals surface area (Å²) in [6, 6.07) is 8.95. The molecule has 1 aliphatic heterocycles. The number of benzene rings is 1. The maximum absolute atomic E-state index is 6.08. The van der Waals surface area contributed by atoms with E-state index in [1.165, 1.54) is 17.0 Å². The second-order valence-electron chi connectivity index (χ2n) is 5.58. The first-order chi connectivity index (χ1) is 9.17. The van der Waals surface area contributed by atoms with E-state index in [0.29, 0.717) is 5.92 Å². The van der Waals surface area contributed by atoms with Crippen LogP contribution >= 0.6 is 0 Å². The second kappa shape index (κ2) is 4.82. The van der Waals surface area contributed by atoms with Crippen molar-refractivity contribution in [2.24, 2.45) is 5.73 Å². The molecule has 1 aromatic carbocycles. The fourth-order valence-corrected chi connectivity index (χ4v) is 2.91. The van der Waals surface area contributed by atoms with Crippen LogP contribution in [0.1, 0.15) is 37.6 Å². The summed E-state index contributed by atoms with van der Waals surface area (Å²) in [4.78, 5) is 4.80. The van der Waals surface area contributed by atoms with Crippen molar-refractivity contribution >= 4 is 0 Å². The van der Waals surface area contributed by atoms with E-state index in [1.807, 2.05) is 0 Å². The Morgan fingerprint density at radius 1 is 1.32 bits per heavy atom. The number of nitrogens with zero attached hydrogens (tertiary/aromatic N) is 2. The van der Waals surface area contributed by atoms with Crippen molar-refractivity contribution in [1.82, 2.24) is 9.55 Å². The number of rotatable bonds is 2. The van der Waals surface area contributed by atoms with E-state index in [9.17, 15) is 0 Å². The number of aryl methyl sites for hydroxylation is 1. The van der Waals surface area contributed by atoms with Crippen LogP contribution in [-0.2, 0) is 13.0 Å². The third-order valence-electron chi connectivity index (χ3n) is 3.99. The van der Waals surface area contributed by atoms with Gasteiger partial charge in [-0.1, -0.05) is 38.1 Å². The molecular weight excluding hydrogens is 234 g/mol. The number of hydrogen-bond donors (Lipinski definition) is 1. The zero-order chi connectivity index (χ0) is 13.4. The highest BCUT2D eigenvalue weighted by molar-refractivity contribution is 5.59. The van der Waals surface area contributed by atoms with Gasteiger partial charge in [0.25, 0.3) is 0 Å². The van der Waals surface area contributed by atoms with Gasteiger partial charge in [-0.3, -0.25) is 0 Å². The minimum absolute atomic E-state index is 0.256. The van der Waals surface area contributed by atoms with E-state index in [0.717, 1.165) is 25.1 Å². The Hall–Kier alpha value is -1.61. The summed E-state index contributed by atoms with van der Waals surface area (Å²) in [6.07, 6.45) is 4.25. The summed E-state index contributed by atoms with van der Waals surface area (Å²) in [5, 5.41) is 0. The fraction of sp³-hybridized carbons (Fsp3) is 0.438. The summed E-state index contributed by atoms with van der Waals surface area (Å²) >= 11 is 0. The van der Waals surface area contributed by atoms with Crippen molar-refractivity contribution in [3.05, 3.63) is 41.9 Å². The SMILES string of the molecule is CCc1ccc(-c2cn3c(n2)C(C)CC(N)C3)cc1. The van der Waals surface area contributed by atoms with Crippen LogP contribution < -0.4 is 5.73 Å². The van der Waals surface area contributed by atoms with Gasteiger partial charge in [-0.15, -0.1) is 0 Å². The molecule has 2 atom stereocenters. The second-order valence-corrected chi connectivity index (χ2v) is 5.58. The quantitative estimate of drug-likeness (QED) is 0.896. The fourth-order valence-electron chi connectivity index (χ4n) is 2.91. The Kier molecular flexibility index (Phi) is 3.15. The van der Waals surface area contributed by atoms with E-state index in [2.05, 4.69) is 48.9 Å². The predicted octanol–water partition coefficient (Wildman–Crippen LogP) is 2.95. The van der Waals surface area contributed by atoms with Gasteiger partial charge in [-0.25, -0.2) is 4.98 Å². The highest BCUT2D eigenvalue weighted by Gasteiger charge is 2.24. The average Bonchev–Trinajstić information content (AvgIpc) is 2.83. The van der Waals surface area contributed by atoms with E-state index in [1.54, 1.807) is 0 Å². The third kappa shape index (κ3) is 2.30. The molecule has 1 aromatic heterocycles. The number of imidazole rings is 1. The molecule has 0 radical (unpaired) electrons. The Labute approximate surface area is 114 Å². The van der Waals surface area contributed by atoms with Crippen molar-refractivity contribution in [2.45, 2.75) is 45.2 Å². The van der Waals surface area contributed by atoms with E-state index >= 15 is 0 Å². The molecular formula is C16H21N3. The molecule has 2 heterocycles. The minimum Gasteiger partial charge on any atom is -0.332 e.